The number of carboxylic acid groups (broad SMARTS) is 1. The standard InChI is InChI=1S/C15H12Cl2N2O2S/c16-11-5-12(17)14-13(6-11)18-8-19(22-14)7-9-2-1-3-10(4-9)15(20)21/h1-6,18H,7-8H2,(H,20,21). The van der Waals surface area contributed by atoms with Crippen LogP contribution in [0, 0.1) is 0 Å². The second-order valence-corrected chi connectivity index (χ2v) is 6.79. The van der Waals surface area contributed by atoms with Gasteiger partial charge in [0.2, 0.25) is 0 Å². The minimum absolute atomic E-state index is 0.290. The zero-order valence-corrected chi connectivity index (χ0v) is 13.7. The van der Waals surface area contributed by atoms with Gasteiger partial charge in [0.25, 0.3) is 0 Å². The fourth-order valence-corrected chi connectivity index (χ4v) is 3.79. The van der Waals surface area contributed by atoms with E-state index >= 15 is 0 Å². The lowest BCUT2D eigenvalue weighted by atomic mass is 10.1. The summed E-state index contributed by atoms with van der Waals surface area (Å²) >= 11 is 13.8. The predicted molar refractivity (Wildman–Crippen MR) is 89.8 cm³/mol. The second-order valence-electron chi connectivity index (χ2n) is 4.84. The summed E-state index contributed by atoms with van der Waals surface area (Å²) < 4.78 is 2.07. The highest BCUT2D eigenvalue weighted by Crippen LogP contribution is 2.41. The van der Waals surface area contributed by atoms with Crippen LogP contribution in [0.4, 0.5) is 5.69 Å². The number of nitrogens with zero attached hydrogens (tertiary/aromatic N) is 1. The average Bonchev–Trinajstić information content (AvgIpc) is 2.48. The third-order valence-corrected chi connectivity index (χ3v) is 4.97. The molecule has 7 heteroatoms. The van der Waals surface area contributed by atoms with E-state index in [4.69, 9.17) is 28.3 Å². The number of anilines is 1. The molecule has 0 saturated carbocycles. The van der Waals surface area contributed by atoms with Crippen LogP contribution in [0.15, 0.2) is 41.3 Å². The Bertz CT molecular complexity index is 739. The first-order valence-corrected chi connectivity index (χ1v) is 8.04. The molecule has 0 saturated heterocycles. The lowest BCUT2D eigenvalue weighted by molar-refractivity contribution is 0.0696. The van der Waals surface area contributed by atoms with Gasteiger partial charge in [-0.2, -0.15) is 0 Å². The van der Waals surface area contributed by atoms with Crippen molar-refractivity contribution < 1.29 is 9.90 Å². The maximum absolute atomic E-state index is 11.0. The van der Waals surface area contributed by atoms with E-state index in [1.807, 2.05) is 12.1 Å². The minimum atomic E-state index is -0.922. The molecule has 0 radical (unpaired) electrons. The molecular weight excluding hydrogens is 343 g/mol. The number of halogens is 2. The van der Waals surface area contributed by atoms with Crippen LogP contribution in [0.25, 0.3) is 0 Å². The summed E-state index contributed by atoms with van der Waals surface area (Å²) in [6.45, 7) is 1.23. The molecule has 4 nitrogen and oxygen atoms in total. The van der Waals surface area contributed by atoms with Crippen LogP contribution in [-0.2, 0) is 6.54 Å². The first-order chi connectivity index (χ1) is 10.5. The minimum Gasteiger partial charge on any atom is -0.478 e. The van der Waals surface area contributed by atoms with Gasteiger partial charge >= 0.3 is 5.97 Å². The van der Waals surface area contributed by atoms with E-state index < -0.39 is 5.97 Å². The fraction of sp³-hybridized carbons (Fsp3) is 0.133. The van der Waals surface area contributed by atoms with Crippen LogP contribution < -0.4 is 5.32 Å². The maximum atomic E-state index is 11.0. The molecule has 22 heavy (non-hydrogen) atoms. The summed E-state index contributed by atoms with van der Waals surface area (Å²) in [7, 11) is 0. The zero-order chi connectivity index (χ0) is 15.7. The summed E-state index contributed by atoms with van der Waals surface area (Å²) in [4.78, 5) is 11.9. The molecule has 0 atom stereocenters. The van der Waals surface area contributed by atoms with Crippen molar-refractivity contribution in [3.8, 4) is 0 Å². The van der Waals surface area contributed by atoms with Gasteiger partial charge in [0, 0.05) is 11.6 Å². The number of fused-ring (bicyclic) bond motifs is 1. The van der Waals surface area contributed by atoms with E-state index in [2.05, 4.69) is 9.62 Å². The number of carbonyl (C=O) groups is 1. The molecule has 0 spiro atoms. The molecule has 1 aliphatic heterocycles. The Hall–Kier alpha value is -1.40. The molecule has 2 N–H and O–H groups in total. The number of hydrogen-bond donors (Lipinski definition) is 2. The molecule has 2 aromatic rings. The topological polar surface area (TPSA) is 52.6 Å². The van der Waals surface area contributed by atoms with Crippen molar-refractivity contribution in [1.29, 1.82) is 0 Å². The highest BCUT2D eigenvalue weighted by atomic mass is 35.5. The Kier molecular flexibility index (Phi) is 4.49. The van der Waals surface area contributed by atoms with Gasteiger partial charge in [-0.25, -0.2) is 9.10 Å². The lowest BCUT2D eigenvalue weighted by Gasteiger charge is -2.29. The third-order valence-electron chi connectivity index (χ3n) is 3.21. The van der Waals surface area contributed by atoms with Crippen LogP contribution in [0.2, 0.25) is 10.0 Å². The van der Waals surface area contributed by atoms with Crippen molar-refractivity contribution in [2.24, 2.45) is 0 Å². The number of rotatable bonds is 3. The summed E-state index contributed by atoms with van der Waals surface area (Å²) in [5.41, 5.74) is 2.14. The van der Waals surface area contributed by atoms with Gasteiger partial charge in [-0.1, -0.05) is 35.3 Å². The van der Waals surface area contributed by atoms with Gasteiger partial charge in [0.15, 0.2) is 0 Å². The van der Waals surface area contributed by atoms with Crippen LogP contribution in [0.1, 0.15) is 15.9 Å². The quantitative estimate of drug-likeness (QED) is 0.789. The smallest absolute Gasteiger partial charge is 0.335 e. The van der Waals surface area contributed by atoms with E-state index in [9.17, 15) is 4.79 Å². The van der Waals surface area contributed by atoms with Crippen molar-refractivity contribution in [2.75, 3.05) is 12.0 Å². The molecule has 2 aromatic carbocycles. The zero-order valence-electron chi connectivity index (χ0n) is 11.3. The molecule has 0 aliphatic carbocycles. The summed E-state index contributed by atoms with van der Waals surface area (Å²) in [5.74, 6) is -0.922. The van der Waals surface area contributed by atoms with Crippen molar-refractivity contribution >= 4 is 46.8 Å². The van der Waals surface area contributed by atoms with Crippen LogP contribution in [-0.4, -0.2) is 22.0 Å². The van der Waals surface area contributed by atoms with Gasteiger partial charge in [0.05, 0.1) is 27.8 Å². The van der Waals surface area contributed by atoms with E-state index in [0.29, 0.717) is 23.3 Å². The molecule has 0 bridgehead atoms. The predicted octanol–water partition coefficient (Wildman–Crippen LogP) is 4.58. The van der Waals surface area contributed by atoms with Gasteiger partial charge in [0.1, 0.15) is 0 Å². The molecule has 1 heterocycles. The molecule has 1 aliphatic rings. The first kappa shape index (κ1) is 15.5. The summed E-state index contributed by atoms with van der Waals surface area (Å²) in [5, 5.41) is 13.5. The second kappa shape index (κ2) is 6.38. The normalized spacial score (nSPS) is 14.3. The van der Waals surface area contributed by atoms with Crippen molar-refractivity contribution in [3.63, 3.8) is 0 Å². The van der Waals surface area contributed by atoms with Crippen LogP contribution in [0.5, 0.6) is 0 Å². The van der Waals surface area contributed by atoms with Gasteiger partial charge in [-0.05, 0) is 41.8 Å². The summed E-state index contributed by atoms with van der Waals surface area (Å²) in [6.07, 6.45) is 0. The monoisotopic (exact) mass is 354 g/mol. The molecule has 3 rings (SSSR count). The average molecular weight is 355 g/mol. The van der Waals surface area contributed by atoms with Gasteiger partial charge < -0.3 is 10.4 Å². The van der Waals surface area contributed by atoms with Crippen molar-refractivity contribution in [3.05, 3.63) is 57.6 Å². The van der Waals surface area contributed by atoms with E-state index in [1.165, 1.54) is 11.9 Å². The van der Waals surface area contributed by atoms with Crippen molar-refractivity contribution in [1.82, 2.24) is 4.31 Å². The van der Waals surface area contributed by atoms with Gasteiger partial charge in [-0.15, -0.1) is 0 Å². The largest absolute Gasteiger partial charge is 0.478 e. The molecule has 114 valence electrons. The Morgan fingerprint density at radius 1 is 1.32 bits per heavy atom. The Morgan fingerprint density at radius 3 is 2.91 bits per heavy atom. The van der Waals surface area contributed by atoms with Crippen LogP contribution >= 0.6 is 35.1 Å². The Morgan fingerprint density at radius 2 is 2.14 bits per heavy atom. The number of nitrogens with one attached hydrogen (secondary N) is 1. The molecule has 0 amide bonds. The Balaban J connectivity index is 1.78. The third kappa shape index (κ3) is 3.33. The number of hydrogen-bond acceptors (Lipinski definition) is 4. The lowest BCUT2D eigenvalue weighted by Crippen LogP contribution is -2.26. The van der Waals surface area contributed by atoms with E-state index in [-0.39, 0.29) is 5.56 Å². The number of benzene rings is 2. The maximum Gasteiger partial charge on any atom is 0.335 e. The van der Waals surface area contributed by atoms with E-state index in [0.717, 1.165) is 16.1 Å². The SMILES string of the molecule is O=C(O)c1cccc(CN2CNc3cc(Cl)cc(Cl)c3S2)c1. The van der Waals surface area contributed by atoms with E-state index in [1.54, 1.807) is 24.3 Å². The van der Waals surface area contributed by atoms with Crippen molar-refractivity contribution in [2.45, 2.75) is 11.4 Å². The fourth-order valence-electron chi connectivity index (χ4n) is 2.21. The molecule has 0 aromatic heterocycles. The Labute approximate surface area is 142 Å². The highest BCUT2D eigenvalue weighted by molar-refractivity contribution is 7.97. The number of aromatic carboxylic acids is 1. The van der Waals surface area contributed by atoms with Gasteiger partial charge in [-0.3, -0.25) is 0 Å². The summed E-state index contributed by atoms with van der Waals surface area (Å²) in [6, 6.07) is 10.5. The molecular formula is C15H12Cl2N2O2S. The number of carboxylic acids is 1. The van der Waals surface area contributed by atoms with Crippen LogP contribution in [0.3, 0.4) is 0 Å². The first-order valence-electron chi connectivity index (χ1n) is 6.51. The molecule has 0 unspecified atom stereocenters. The molecule has 0 fully saturated rings. The highest BCUT2D eigenvalue weighted by Gasteiger charge is 2.20.